The molecule has 0 aliphatic heterocycles. The molecular weight excluding hydrogens is 356 g/mol. The van der Waals surface area contributed by atoms with Gasteiger partial charge in [-0.1, -0.05) is 30.7 Å². The molecular formula is C19H21ClN2O4. The van der Waals surface area contributed by atoms with Crippen LogP contribution in [0.1, 0.15) is 18.1 Å². The summed E-state index contributed by atoms with van der Waals surface area (Å²) in [4.78, 5) is 11.8. The van der Waals surface area contributed by atoms with E-state index in [0.717, 1.165) is 6.42 Å². The number of carbonyl (C=O) groups excluding carboxylic acids is 1. The molecule has 1 amide bonds. The molecule has 0 saturated heterocycles. The number of halogens is 1. The van der Waals surface area contributed by atoms with E-state index in [2.05, 4.69) is 17.5 Å². The summed E-state index contributed by atoms with van der Waals surface area (Å²) >= 11 is 6.15. The third-order valence-corrected chi connectivity index (χ3v) is 3.92. The summed E-state index contributed by atoms with van der Waals surface area (Å²) in [5.74, 6) is 1.28. The molecule has 0 aliphatic rings. The summed E-state index contributed by atoms with van der Waals surface area (Å²) in [5.41, 5.74) is 4.18. The van der Waals surface area contributed by atoms with E-state index in [4.69, 9.17) is 25.8 Å². The van der Waals surface area contributed by atoms with Gasteiger partial charge < -0.3 is 14.2 Å². The SMILES string of the molecule is CCc1ccc(OCC(=O)N/N=C/c2cc(OC)c(OC)cc2Cl)cc1. The van der Waals surface area contributed by atoms with Gasteiger partial charge in [0, 0.05) is 11.6 Å². The molecule has 0 aromatic heterocycles. The second-order valence-corrected chi connectivity index (χ2v) is 5.72. The number of nitrogens with one attached hydrogen (secondary N) is 1. The highest BCUT2D eigenvalue weighted by Gasteiger charge is 2.08. The first-order valence-corrected chi connectivity index (χ1v) is 8.40. The Morgan fingerprint density at radius 1 is 1.15 bits per heavy atom. The lowest BCUT2D eigenvalue weighted by molar-refractivity contribution is -0.123. The van der Waals surface area contributed by atoms with Gasteiger partial charge in [0.15, 0.2) is 18.1 Å². The molecule has 0 saturated carbocycles. The molecule has 138 valence electrons. The van der Waals surface area contributed by atoms with Crippen LogP contribution >= 0.6 is 11.6 Å². The standard InChI is InChI=1S/C19H21ClN2O4/c1-4-13-5-7-15(8-6-13)26-12-19(23)22-21-11-14-9-17(24-2)18(25-3)10-16(14)20/h5-11H,4,12H2,1-3H3,(H,22,23)/b21-11+. The number of amides is 1. The van der Waals surface area contributed by atoms with Crippen LogP contribution in [-0.2, 0) is 11.2 Å². The Morgan fingerprint density at radius 3 is 2.42 bits per heavy atom. The minimum absolute atomic E-state index is 0.136. The van der Waals surface area contributed by atoms with Gasteiger partial charge in [0.25, 0.3) is 5.91 Å². The van der Waals surface area contributed by atoms with Gasteiger partial charge in [0.2, 0.25) is 0 Å². The van der Waals surface area contributed by atoms with Crippen molar-refractivity contribution in [2.24, 2.45) is 5.10 Å². The van der Waals surface area contributed by atoms with Crippen LogP contribution < -0.4 is 19.6 Å². The van der Waals surface area contributed by atoms with Crippen molar-refractivity contribution in [3.8, 4) is 17.2 Å². The van der Waals surface area contributed by atoms with E-state index >= 15 is 0 Å². The molecule has 0 bridgehead atoms. The number of hydrogen-bond donors (Lipinski definition) is 1. The van der Waals surface area contributed by atoms with Gasteiger partial charge in [-0.3, -0.25) is 4.79 Å². The monoisotopic (exact) mass is 376 g/mol. The number of ether oxygens (including phenoxy) is 3. The van der Waals surface area contributed by atoms with Crippen LogP contribution in [0.3, 0.4) is 0 Å². The largest absolute Gasteiger partial charge is 0.493 e. The van der Waals surface area contributed by atoms with Crippen molar-refractivity contribution in [1.29, 1.82) is 0 Å². The highest BCUT2D eigenvalue weighted by atomic mass is 35.5. The molecule has 7 heteroatoms. The fraction of sp³-hybridized carbons (Fsp3) is 0.263. The van der Waals surface area contributed by atoms with E-state index in [1.165, 1.54) is 26.0 Å². The van der Waals surface area contributed by atoms with Crippen molar-refractivity contribution < 1.29 is 19.0 Å². The number of aryl methyl sites for hydroxylation is 1. The summed E-state index contributed by atoms with van der Waals surface area (Å²) in [5, 5.41) is 4.31. The second kappa shape index (κ2) is 9.68. The molecule has 0 heterocycles. The van der Waals surface area contributed by atoms with E-state index in [1.54, 1.807) is 12.1 Å². The van der Waals surface area contributed by atoms with E-state index in [0.29, 0.717) is 27.8 Å². The number of rotatable bonds is 8. The van der Waals surface area contributed by atoms with Gasteiger partial charge in [-0.15, -0.1) is 0 Å². The number of hydrazone groups is 1. The summed E-state index contributed by atoms with van der Waals surface area (Å²) in [6.45, 7) is 1.94. The predicted molar refractivity (Wildman–Crippen MR) is 102 cm³/mol. The van der Waals surface area contributed by atoms with Crippen LogP contribution in [0.25, 0.3) is 0 Å². The number of carbonyl (C=O) groups is 1. The van der Waals surface area contributed by atoms with E-state index < -0.39 is 0 Å². The van der Waals surface area contributed by atoms with Crippen LogP contribution in [0.5, 0.6) is 17.2 Å². The number of hydrogen-bond acceptors (Lipinski definition) is 5. The van der Waals surface area contributed by atoms with E-state index in [1.807, 2.05) is 24.3 Å². The fourth-order valence-electron chi connectivity index (χ4n) is 2.15. The Morgan fingerprint density at radius 2 is 1.81 bits per heavy atom. The lowest BCUT2D eigenvalue weighted by Crippen LogP contribution is -2.24. The van der Waals surface area contributed by atoms with Gasteiger partial charge in [-0.05, 0) is 30.2 Å². The third-order valence-electron chi connectivity index (χ3n) is 3.60. The maximum Gasteiger partial charge on any atom is 0.277 e. The predicted octanol–water partition coefficient (Wildman–Crippen LogP) is 3.45. The molecule has 0 spiro atoms. The van der Waals surface area contributed by atoms with Crippen LogP contribution in [0, 0.1) is 0 Å². The van der Waals surface area contributed by atoms with Crippen molar-refractivity contribution in [2.75, 3.05) is 20.8 Å². The van der Waals surface area contributed by atoms with Gasteiger partial charge in [0.1, 0.15) is 5.75 Å². The van der Waals surface area contributed by atoms with Crippen molar-refractivity contribution >= 4 is 23.7 Å². The molecule has 0 fully saturated rings. The molecule has 2 aromatic rings. The summed E-state index contributed by atoms with van der Waals surface area (Å²) in [6.07, 6.45) is 2.38. The molecule has 0 radical (unpaired) electrons. The van der Waals surface area contributed by atoms with E-state index in [-0.39, 0.29) is 12.5 Å². The fourth-order valence-corrected chi connectivity index (χ4v) is 2.35. The Bertz CT molecular complexity index is 776. The van der Waals surface area contributed by atoms with Crippen LogP contribution in [0.4, 0.5) is 0 Å². The zero-order valence-electron chi connectivity index (χ0n) is 14.9. The minimum atomic E-state index is -0.377. The summed E-state index contributed by atoms with van der Waals surface area (Å²) < 4.78 is 15.8. The van der Waals surface area contributed by atoms with Crippen LogP contribution in [0.15, 0.2) is 41.5 Å². The molecule has 0 aliphatic carbocycles. The Labute approximate surface area is 157 Å². The Balaban J connectivity index is 1.90. The van der Waals surface area contributed by atoms with E-state index in [9.17, 15) is 4.79 Å². The highest BCUT2D eigenvalue weighted by molar-refractivity contribution is 6.33. The topological polar surface area (TPSA) is 69.2 Å². The minimum Gasteiger partial charge on any atom is -0.493 e. The highest BCUT2D eigenvalue weighted by Crippen LogP contribution is 2.32. The van der Waals surface area contributed by atoms with Crippen LogP contribution in [0.2, 0.25) is 5.02 Å². The molecule has 0 unspecified atom stereocenters. The lowest BCUT2D eigenvalue weighted by atomic mass is 10.2. The normalized spacial score (nSPS) is 10.6. The quantitative estimate of drug-likeness (QED) is 0.566. The zero-order chi connectivity index (χ0) is 18.9. The molecule has 1 N–H and O–H groups in total. The van der Waals surface area contributed by atoms with Gasteiger partial charge in [0.05, 0.1) is 25.5 Å². The first kappa shape index (κ1) is 19.6. The van der Waals surface area contributed by atoms with Crippen molar-refractivity contribution in [3.63, 3.8) is 0 Å². The molecule has 2 rings (SSSR count). The third kappa shape index (κ3) is 5.39. The Kier molecular flexibility index (Phi) is 7.29. The second-order valence-electron chi connectivity index (χ2n) is 5.31. The summed E-state index contributed by atoms with van der Waals surface area (Å²) in [6, 6.07) is 10.9. The molecule has 6 nitrogen and oxygen atoms in total. The number of benzene rings is 2. The number of methoxy groups -OCH3 is 2. The lowest BCUT2D eigenvalue weighted by Gasteiger charge is -2.09. The van der Waals surface area contributed by atoms with Gasteiger partial charge >= 0.3 is 0 Å². The first-order valence-electron chi connectivity index (χ1n) is 8.02. The first-order chi connectivity index (χ1) is 12.6. The van der Waals surface area contributed by atoms with Crippen molar-refractivity contribution in [1.82, 2.24) is 5.43 Å². The average molecular weight is 377 g/mol. The van der Waals surface area contributed by atoms with Gasteiger partial charge in [-0.2, -0.15) is 5.10 Å². The number of nitrogens with zero attached hydrogens (tertiary/aromatic N) is 1. The average Bonchev–Trinajstić information content (AvgIpc) is 2.67. The van der Waals surface area contributed by atoms with Crippen molar-refractivity contribution in [3.05, 3.63) is 52.5 Å². The zero-order valence-corrected chi connectivity index (χ0v) is 15.7. The summed E-state index contributed by atoms with van der Waals surface area (Å²) in [7, 11) is 3.05. The van der Waals surface area contributed by atoms with Gasteiger partial charge in [-0.25, -0.2) is 5.43 Å². The van der Waals surface area contributed by atoms with Crippen LogP contribution in [-0.4, -0.2) is 32.9 Å². The molecule has 2 aromatic carbocycles. The maximum absolute atomic E-state index is 11.8. The maximum atomic E-state index is 11.8. The smallest absolute Gasteiger partial charge is 0.277 e. The molecule has 0 atom stereocenters. The van der Waals surface area contributed by atoms with Crippen molar-refractivity contribution in [2.45, 2.75) is 13.3 Å². The molecule has 26 heavy (non-hydrogen) atoms. The Hall–Kier alpha value is -2.73.